The van der Waals surface area contributed by atoms with Crippen molar-refractivity contribution >= 4 is 23.8 Å². The van der Waals surface area contributed by atoms with Crippen LogP contribution in [0.25, 0.3) is 0 Å². The topological polar surface area (TPSA) is 85.9 Å². The molecule has 1 aliphatic heterocycles. The summed E-state index contributed by atoms with van der Waals surface area (Å²) < 4.78 is 17.5. The molecular weight excluding hydrogens is 512 g/mol. The number of benzene rings is 3. The number of esters is 1. The van der Waals surface area contributed by atoms with E-state index < -0.39 is 29.4 Å². The summed E-state index contributed by atoms with van der Waals surface area (Å²) in [5.41, 5.74) is 1.25. The van der Waals surface area contributed by atoms with Gasteiger partial charge in [-0.3, -0.25) is 10.1 Å². The maximum atomic E-state index is 12.9. The maximum Gasteiger partial charge on any atom is 0.408 e. The minimum absolute atomic E-state index is 0.135. The second-order valence-electron chi connectivity index (χ2n) is 10.3. The van der Waals surface area contributed by atoms with Crippen LogP contribution in [0, 0.1) is 0 Å². The Bertz CT molecular complexity index is 1120. The van der Waals surface area contributed by atoms with Gasteiger partial charge in [0.1, 0.15) is 17.2 Å². The Hall–Kier alpha value is -3.33. The summed E-state index contributed by atoms with van der Waals surface area (Å²) in [6.07, 6.45) is -0.551. The summed E-state index contributed by atoms with van der Waals surface area (Å²) in [6.45, 7) is 5.59. The minimum atomic E-state index is -0.956. The van der Waals surface area contributed by atoms with Crippen LogP contribution in [-0.2, 0) is 24.6 Å². The fourth-order valence-electron chi connectivity index (χ4n) is 4.65. The Kier molecular flexibility index (Phi) is 9.32. The average molecular weight is 549 g/mol. The Balaban J connectivity index is 1.72. The highest BCUT2D eigenvalue weighted by atomic mass is 32.2. The van der Waals surface area contributed by atoms with Crippen LogP contribution >= 0.6 is 11.8 Å². The lowest BCUT2D eigenvalue weighted by molar-refractivity contribution is -0.142. The van der Waals surface area contributed by atoms with Crippen molar-refractivity contribution in [3.63, 3.8) is 0 Å². The molecule has 1 aliphatic rings. The summed E-state index contributed by atoms with van der Waals surface area (Å²) >= 11 is 1.54. The predicted molar refractivity (Wildman–Crippen MR) is 154 cm³/mol. The summed E-state index contributed by atoms with van der Waals surface area (Å²) in [5, 5.41) is 6.00. The van der Waals surface area contributed by atoms with E-state index in [1.165, 1.54) is 18.9 Å². The lowest BCUT2D eigenvalue weighted by Crippen LogP contribution is -2.53. The Labute approximate surface area is 234 Å². The fourth-order valence-corrected chi connectivity index (χ4v) is 5.92. The molecule has 39 heavy (non-hydrogen) atoms. The summed E-state index contributed by atoms with van der Waals surface area (Å²) in [4.78, 5) is 25.1. The minimum Gasteiger partial charge on any atom is -0.468 e. The molecule has 0 spiro atoms. The van der Waals surface area contributed by atoms with Gasteiger partial charge in [0.25, 0.3) is 0 Å². The van der Waals surface area contributed by atoms with Crippen LogP contribution in [0.3, 0.4) is 0 Å². The number of carbonyl (C=O) groups excluding carboxylic acids is 2. The van der Waals surface area contributed by atoms with E-state index in [4.69, 9.17) is 14.2 Å². The van der Waals surface area contributed by atoms with E-state index in [0.29, 0.717) is 5.75 Å². The van der Waals surface area contributed by atoms with Gasteiger partial charge >= 0.3 is 12.1 Å². The van der Waals surface area contributed by atoms with Gasteiger partial charge in [0, 0.05) is 5.75 Å². The highest BCUT2D eigenvalue weighted by Gasteiger charge is 2.41. The second kappa shape index (κ2) is 12.7. The van der Waals surface area contributed by atoms with Gasteiger partial charge in [-0.2, -0.15) is 0 Å². The molecule has 3 aromatic carbocycles. The highest BCUT2D eigenvalue weighted by molar-refractivity contribution is 8.00. The number of hydrogen-bond donors (Lipinski definition) is 2. The van der Waals surface area contributed by atoms with E-state index in [2.05, 4.69) is 10.6 Å². The molecule has 3 atom stereocenters. The average Bonchev–Trinajstić information content (AvgIpc) is 3.43. The largest absolute Gasteiger partial charge is 0.468 e. The summed E-state index contributed by atoms with van der Waals surface area (Å²) in [5.74, 6) is 0.180. The third kappa shape index (κ3) is 7.01. The first-order valence-electron chi connectivity index (χ1n) is 13.0. The van der Waals surface area contributed by atoms with Gasteiger partial charge in [0.05, 0.1) is 25.1 Å². The van der Waals surface area contributed by atoms with Crippen molar-refractivity contribution < 1.29 is 23.8 Å². The lowest BCUT2D eigenvalue weighted by atomic mass is 9.80. The van der Waals surface area contributed by atoms with Gasteiger partial charge in [-0.25, -0.2) is 4.79 Å². The first kappa shape index (κ1) is 28.7. The van der Waals surface area contributed by atoms with Crippen LogP contribution in [0.1, 0.15) is 37.5 Å². The smallest absolute Gasteiger partial charge is 0.408 e. The van der Waals surface area contributed by atoms with Crippen LogP contribution in [0.15, 0.2) is 91.0 Å². The van der Waals surface area contributed by atoms with Crippen molar-refractivity contribution in [3.05, 3.63) is 108 Å². The number of rotatable bonds is 9. The molecule has 0 radical (unpaired) electrons. The molecule has 0 aliphatic carbocycles. The summed E-state index contributed by atoms with van der Waals surface area (Å²) in [6, 6.07) is 29.2. The van der Waals surface area contributed by atoms with Crippen LogP contribution < -0.4 is 10.6 Å². The van der Waals surface area contributed by atoms with Crippen molar-refractivity contribution in [2.75, 3.05) is 19.5 Å². The van der Waals surface area contributed by atoms with Gasteiger partial charge in [-0.05, 0) is 37.5 Å². The molecule has 3 unspecified atom stereocenters. The monoisotopic (exact) mass is 548 g/mol. The predicted octanol–water partition coefficient (Wildman–Crippen LogP) is 5.09. The standard InChI is InChI=1S/C31H36N2O5S/c1-30(2,3)38-29(35)33-25(27-32-26(21-39-27)28(34)36-4)20-37-31(22-14-8-5-9-15-22,23-16-10-6-11-17-23)24-18-12-7-13-19-24/h5-19,25-27,32H,20-21H2,1-4H3,(H,33,35). The molecule has 4 rings (SSSR count). The van der Waals surface area contributed by atoms with Gasteiger partial charge in [0.2, 0.25) is 0 Å². The van der Waals surface area contributed by atoms with Crippen molar-refractivity contribution in [3.8, 4) is 0 Å². The summed E-state index contributed by atoms with van der Waals surface area (Å²) in [7, 11) is 1.37. The third-order valence-electron chi connectivity index (χ3n) is 6.38. The van der Waals surface area contributed by atoms with Crippen LogP contribution in [0.4, 0.5) is 4.79 Å². The van der Waals surface area contributed by atoms with Crippen LogP contribution in [0.5, 0.6) is 0 Å². The quantitative estimate of drug-likeness (QED) is 0.285. The van der Waals surface area contributed by atoms with Crippen molar-refractivity contribution in [1.29, 1.82) is 0 Å². The fraction of sp³-hybridized carbons (Fsp3) is 0.355. The number of hydrogen-bond acceptors (Lipinski definition) is 7. The zero-order valence-electron chi connectivity index (χ0n) is 22.8. The molecule has 206 valence electrons. The van der Waals surface area contributed by atoms with Crippen molar-refractivity contribution in [2.45, 2.75) is 49.4 Å². The maximum absolute atomic E-state index is 12.9. The molecule has 0 aromatic heterocycles. The zero-order chi connectivity index (χ0) is 27.9. The molecule has 1 heterocycles. The van der Waals surface area contributed by atoms with Crippen LogP contribution in [-0.4, -0.2) is 54.6 Å². The Morgan fingerprint density at radius 3 is 1.82 bits per heavy atom. The van der Waals surface area contributed by atoms with E-state index in [0.717, 1.165) is 16.7 Å². The molecule has 7 nitrogen and oxygen atoms in total. The number of alkyl carbamates (subject to hydrolysis) is 1. The number of methoxy groups -OCH3 is 1. The normalized spacial score (nSPS) is 18.3. The number of carbonyl (C=O) groups is 2. The number of nitrogens with one attached hydrogen (secondary N) is 2. The zero-order valence-corrected chi connectivity index (χ0v) is 23.6. The number of thioether (sulfide) groups is 1. The molecule has 8 heteroatoms. The Morgan fingerprint density at radius 2 is 1.38 bits per heavy atom. The molecule has 1 fully saturated rings. The van der Waals surface area contributed by atoms with E-state index >= 15 is 0 Å². The van der Waals surface area contributed by atoms with Gasteiger partial charge in [-0.15, -0.1) is 11.8 Å². The first-order chi connectivity index (χ1) is 18.7. The van der Waals surface area contributed by atoms with Gasteiger partial charge in [-0.1, -0.05) is 91.0 Å². The molecule has 1 saturated heterocycles. The van der Waals surface area contributed by atoms with Gasteiger partial charge < -0.3 is 19.5 Å². The van der Waals surface area contributed by atoms with Crippen molar-refractivity contribution in [1.82, 2.24) is 10.6 Å². The third-order valence-corrected chi connectivity index (χ3v) is 7.73. The van der Waals surface area contributed by atoms with Crippen molar-refractivity contribution in [2.24, 2.45) is 0 Å². The van der Waals surface area contributed by atoms with Crippen LogP contribution in [0.2, 0.25) is 0 Å². The molecule has 0 bridgehead atoms. The number of ether oxygens (including phenoxy) is 3. The molecule has 3 aromatic rings. The van der Waals surface area contributed by atoms with E-state index in [-0.39, 0.29) is 18.0 Å². The second-order valence-corrected chi connectivity index (χ2v) is 11.5. The van der Waals surface area contributed by atoms with E-state index in [9.17, 15) is 9.59 Å². The highest BCUT2D eigenvalue weighted by Crippen LogP contribution is 2.41. The Morgan fingerprint density at radius 1 is 0.897 bits per heavy atom. The molecule has 2 N–H and O–H groups in total. The van der Waals surface area contributed by atoms with E-state index in [1.54, 1.807) is 0 Å². The molecular formula is C31H36N2O5S. The van der Waals surface area contributed by atoms with Gasteiger partial charge in [0.15, 0.2) is 0 Å². The lowest BCUT2D eigenvalue weighted by Gasteiger charge is -2.38. The SMILES string of the molecule is COC(=O)C1CSC(C(COC(c2ccccc2)(c2ccccc2)c2ccccc2)NC(=O)OC(C)(C)C)N1. The molecule has 0 saturated carbocycles. The first-order valence-corrected chi connectivity index (χ1v) is 14.0. The van der Waals surface area contributed by atoms with E-state index in [1.807, 2.05) is 112 Å². The number of amides is 1. The molecule has 1 amide bonds.